The monoisotopic (exact) mass is 259 g/mol. The lowest BCUT2D eigenvalue weighted by Gasteiger charge is -2.04. The topological polar surface area (TPSA) is 29.9 Å². The van der Waals surface area contributed by atoms with Gasteiger partial charge in [-0.25, -0.2) is 4.98 Å². The summed E-state index contributed by atoms with van der Waals surface area (Å²) in [6.07, 6.45) is 9.38. The lowest BCUT2D eigenvalue weighted by Crippen LogP contribution is -2.18. The van der Waals surface area contributed by atoms with Gasteiger partial charge in [0.2, 0.25) is 0 Å². The fraction of sp³-hybridized carbons (Fsp3) is 0.700. The highest BCUT2D eigenvalue weighted by Gasteiger charge is 1.90. The number of hydrogen-bond acceptors (Lipinski definition) is 2. The van der Waals surface area contributed by atoms with Crippen molar-refractivity contribution in [3.05, 3.63) is 18.7 Å². The second-order valence-corrected chi connectivity index (χ2v) is 4.09. The fourth-order valence-electron chi connectivity index (χ4n) is 1.28. The number of aryl methyl sites for hydroxylation is 1. The van der Waals surface area contributed by atoms with Crippen molar-refractivity contribution in [2.24, 2.45) is 0 Å². The van der Waals surface area contributed by atoms with Gasteiger partial charge in [0.1, 0.15) is 0 Å². The summed E-state index contributed by atoms with van der Waals surface area (Å²) in [6.45, 7) is 3.29. The lowest BCUT2D eigenvalue weighted by molar-refractivity contribution is 0.569. The van der Waals surface area contributed by atoms with E-state index < -0.39 is 0 Å². The molecule has 0 atom stereocenters. The summed E-state index contributed by atoms with van der Waals surface area (Å²) in [5.41, 5.74) is 0. The Kier molecular flexibility index (Phi) is 6.70. The number of unbranched alkanes of at least 4 members (excludes halogenated alkanes) is 1. The third-order valence-corrected chi connectivity index (χ3v) is 2.63. The molecule has 14 heavy (non-hydrogen) atoms. The summed E-state index contributed by atoms with van der Waals surface area (Å²) in [4.78, 5) is 4.00. The molecule has 0 unspecified atom stereocenters. The minimum absolute atomic E-state index is 1.06. The molecule has 0 spiro atoms. The van der Waals surface area contributed by atoms with Crippen molar-refractivity contribution in [3.8, 4) is 0 Å². The molecule has 3 nitrogen and oxygen atoms in total. The van der Waals surface area contributed by atoms with Gasteiger partial charge in [-0.05, 0) is 32.4 Å². The SMILES string of the molecule is BrCCCCNCCCn1ccnc1. The fourth-order valence-corrected chi connectivity index (χ4v) is 1.67. The van der Waals surface area contributed by atoms with E-state index in [0.29, 0.717) is 0 Å². The van der Waals surface area contributed by atoms with Crippen LogP contribution in [-0.4, -0.2) is 28.0 Å². The Balaban J connectivity index is 1.85. The molecule has 0 aliphatic carbocycles. The zero-order valence-corrected chi connectivity index (χ0v) is 10.0. The summed E-state index contributed by atoms with van der Waals surface area (Å²) in [6, 6.07) is 0. The van der Waals surface area contributed by atoms with Crippen LogP contribution in [0.5, 0.6) is 0 Å². The Labute approximate surface area is 94.0 Å². The summed E-state index contributed by atoms with van der Waals surface area (Å²) in [5, 5.41) is 4.54. The highest BCUT2D eigenvalue weighted by atomic mass is 79.9. The van der Waals surface area contributed by atoms with E-state index in [1.165, 1.54) is 19.3 Å². The third-order valence-electron chi connectivity index (χ3n) is 2.07. The minimum Gasteiger partial charge on any atom is -0.337 e. The summed E-state index contributed by atoms with van der Waals surface area (Å²) in [5.74, 6) is 0. The van der Waals surface area contributed by atoms with Crippen LogP contribution in [0.4, 0.5) is 0 Å². The first kappa shape index (κ1) is 11.7. The van der Waals surface area contributed by atoms with Gasteiger partial charge < -0.3 is 9.88 Å². The number of nitrogens with one attached hydrogen (secondary N) is 1. The van der Waals surface area contributed by atoms with Gasteiger partial charge in [-0.3, -0.25) is 0 Å². The third kappa shape index (κ3) is 5.40. The predicted molar refractivity (Wildman–Crippen MR) is 62.7 cm³/mol. The van der Waals surface area contributed by atoms with E-state index in [9.17, 15) is 0 Å². The maximum atomic E-state index is 4.00. The van der Waals surface area contributed by atoms with Crippen LogP contribution >= 0.6 is 15.9 Å². The van der Waals surface area contributed by atoms with Crippen LogP contribution < -0.4 is 5.32 Å². The Hall–Kier alpha value is -0.350. The first-order valence-electron chi connectivity index (χ1n) is 5.16. The molecule has 0 saturated carbocycles. The van der Waals surface area contributed by atoms with Crippen LogP contribution in [0.2, 0.25) is 0 Å². The van der Waals surface area contributed by atoms with Crippen LogP contribution in [0.3, 0.4) is 0 Å². The number of imidazole rings is 1. The number of nitrogens with zero attached hydrogens (tertiary/aromatic N) is 2. The maximum Gasteiger partial charge on any atom is 0.0945 e. The van der Waals surface area contributed by atoms with Gasteiger partial charge in [0.05, 0.1) is 6.33 Å². The van der Waals surface area contributed by atoms with Crippen LogP contribution in [0.15, 0.2) is 18.7 Å². The zero-order chi connectivity index (χ0) is 10.1. The highest BCUT2D eigenvalue weighted by molar-refractivity contribution is 9.09. The van der Waals surface area contributed by atoms with Gasteiger partial charge in [-0.15, -0.1) is 0 Å². The summed E-state index contributed by atoms with van der Waals surface area (Å²) in [7, 11) is 0. The molecule has 1 rings (SSSR count). The first-order valence-corrected chi connectivity index (χ1v) is 6.28. The Morgan fingerprint density at radius 2 is 2.07 bits per heavy atom. The zero-order valence-electron chi connectivity index (χ0n) is 8.45. The van der Waals surface area contributed by atoms with Crippen LogP contribution in [0, 0.1) is 0 Å². The molecular weight excluding hydrogens is 242 g/mol. The normalized spacial score (nSPS) is 10.6. The molecule has 1 N–H and O–H groups in total. The number of rotatable bonds is 8. The molecule has 0 saturated heterocycles. The second-order valence-electron chi connectivity index (χ2n) is 3.30. The van der Waals surface area contributed by atoms with Crippen LogP contribution in [0.25, 0.3) is 0 Å². The van der Waals surface area contributed by atoms with Crippen molar-refractivity contribution in [1.82, 2.24) is 14.9 Å². The molecule has 0 aliphatic rings. The van der Waals surface area contributed by atoms with Gasteiger partial charge >= 0.3 is 0 Å². The number of halogens is 1. The predicted octanol–water partition coefficient (Wildman–Crippen LogP) is 2.04. The van der Waals surface area contributed by atoms with E-state index >= 15 is 0 Å². The van der Waals surface area contributed by atoms with Crippen molar-refractivity contribution in [3.63, 3.8) is 0 Å². The van der Waals surface area contributed by atoms with Crippen molar-refractivity contribution >= 4 is 15.9 Å². The van der Waals surface area contributed by atoms with Gasteiger partial charge in [-0.2, -0.15) is 0 Å². The number of aromatic nitrogens is 2. The van der Waals surface area contributed by atoms with Gasteiger partial charge in [0.15, 0.2) is 0 Å². The lowest BCUT2D eigenvalue weighted by atomic mass is 10.3. The molecule has 0 aliphatic heterocycles. The molecule has 1 aromatic rings. The summed E-state index contributed by atoms with van der Waals surface area (Å²) < 4.78 is 2.11. The molecule has 0 fully saturated rings. The van der Waals surface area contributed by atoms with E-state index in [-0.39, 0.29) is 0 Å². The van der Waals surface area contributed by atoms with Crippen molar-refractivity contribution in [1.29, 1.82) is 0 Å². The standard InChI is InChI=1S/C10H18BrN3/c11-4-1-2-5-12-6-3-8-14-9-7-13-10-14/h7,9-10,12H,1-6,8H2. The second kappa shape index (κ2) is 8.00. The molecule has 4 heteroatoms. The molecule has 0 aromatic carbocycles. The molecule has 1 aromatic heterocycles. The highest BCUT2D eigenvalue weighted by Crippen LogP contribution is 1.92. The maximum absolute atomic E-state index is 4.00. The number of alkyl halides is 1. The largest absolute Gasteiger partial charge is 0.337 e. The van der Waals surface area contributed by atoms with Crippen molar-refractivity contribution in [2.75, 3.05) is 18.4 Å². The molecular formula is C10H18BrN3. The van der Waals surface area contributed by atoms with E-state index in [1.54, 1.807) is 0 Å². The van der Waals surface area contributed by atoms with Crippen molar-refractivity contribution in [2.45, 2.75) is 25.8 Å². The van der Waals surface area contributed by atoms with Crippen LogP contribution in [-0.2, 0) is 6.54 Å². The summed E-state index contributed by atoms with van der Waals surface area (Å²) >= 11 is 3.42. The van der Waals surface area contributed by atoms with Crippen molar-refractivity contribution < 1.29 is 0 Å². The Bertz CT molecular complexity index is 211. The minimum atomic E-state index is 1.06. The van der Waals surface area contributed by atoms with E-state index in [4.69, 9.17) is 0 Å². The van der Waals surface area contributed by atoms with Crippen LogP contribution in [0.1, 0.15) is 19.3 Å². The molecule has 0 amide bonds. The molecule has 1 heterocycles. The number of hydrogen-bond donors (Lipinski definition) is 1. The van der Waals surface area contributed by atoms with E-state index in [0.717, 1.165) is 25.0 Å². The Morgan fingerprint density at radius 1 is 1.21 bits per heavy atom. The van der Waals surface area contributed by atoms with Gasteiger partial charge in [0, 0.05) is 24.3 Å². The Morgan fingerprint density at radius 3 is 2.79 bits per heavy atom. The quantitative estimate of drug-likeness (QED) is 0.572. The average Bonchev–Trinajstić information content (AvgIpc) is 2.69. The van der Waals surface area contributed by atoms with Gasteiger partial charge in [-0.1, -0.05) is 15.9 Å². The smallest absolute Gasteiger partial charge is 0.0945 e. The van der Waals surface area contributed by atoms with E-state index in [1.807, 2.05) is 18.7 Å². The van der Waals surface area contributed by atoms with Gasteiger partial charge in [0.25, 0.3) is 0 Å². The first-order chi connectivity index (χ1) is 6.93. The molecule has 0 radical (unpaired) electrons. The van der Waals surface area contributed by atoms with E-state index in [2.05, 4.69) is 30.8 Å². The average molecular weight is 260 g/mol. The molecule has 80 valence electrons. The molecule has 0 bridgehead atoms.